The minimum Gasteiger partial charge on any atom is -0.346 e. The van der Waals surface area contributed by atoms with Gasteiger partial charge in [-0.15, -0.1) is 0 Å². The first-order valence-electron chi connectivity index (χ1n) is 8.41. The number of aromatic amines is 1. The number of sulfone groups is 1. The Morgan fingerprint density at radius 2 is 1.75 bits per heavy atom. The molecule has 1 N–H and O–H groups in total. The Bertz CT molecular complexity index is 801. The van der Waals surface area contributed by atoms with E-state index in [1.165, 1.54) is 0 Å². The predicted molar refractivity (Wildman–Crippen MR) is 94.7 cm³/mol. The number of nitrogens with zero attached hydrogens (tertiary/aromatic N) is 2. The van der Waals surface area contributed by atoms with Crippen molar-refractivity contribution < 1.29 is 8.42 Å². The summed E-state index contributed by atoms with van der Waals surface area (Å²) in [6, 6.07) is 7.19. The summed E-state index contributed by atoms with van der Waals surface area (Å²) in [6.45, 7) is 8.32. The Hall–Kier alpha value is -1.66. The van der Waals surface area contributed by atoms with Gasteiger partial charge in [-0.2, -0.15) is 0 Å². The van der Waals surface area contributed by atoms with Crippen LogP contribution in [0, 0.1) is 20.8 Å². The number of benzene rings is 1. The van der Waals surface area contributed by atoms with Crippen LogP contribution in [0.25, 0.3) is 0 Å². The number of nitrogens with one attached hydrogen (secondary N) is 1. The van der Waals surface area contributed by atoms with Crippen LogP contribution in [-0.2, 0) is 16.4 Å². The summed E-state index contributed by atoms with van der Waals surface area (Å²) in [7, 11) is -3.23. The van der Waals surface area contributed by atoms with Crippen LogP contribution in [0.2, 0.25) is 0 Å². The smallest absolute Gasteiger partial charge is 0.181 e. The third-order valence-electron chi connectivity index (χ3n) is 4.80. The van der Waals surface area contributed by atoms with E-state index in [9.17, 15) is 8.42 Å². The standard InChI is InChI=1S/C18H25N3O2S/c1-13-4-6-16(7-5-13)24(22,23)17-8-10-21(11-9-17)12-18-14(2)19-15(3)20-18/h4-7,17H,8-12H2,1-3H3,(H,19,20). The summed E-state index contributed by atoms with van der Waals surface area (Å²) in [5, 5.41) is -0.279. The fourth-order valence-corrected chi connectivity index (χ4v) is 5.05. The molecule has 0 saturated carbocycles. The first kappa shape index (κ1) is 17.2. The highest BCUT2D eigenvalue weighted by atomic mass is 32.2. The lowest BCUT2D eigenvalue weighted by molar-refractivity contribution is 0.219. The molecule has 2 heterocycles. The Kier molecular flexibility index (Phi) is 4.78. The number of rotatable bonds is 4. The quantitative estimate of drug-likeness (QED) is 0.923. The molecule has 1 fully saturated rings. The van der Waals surface area contributed by atoms with Crippen molar-refractivity contribution in [1.82, 2.24) is 14.9 Å². The van der Waals surface area contributed by atoms with E-state index in [0.717, 1.165) is 42.4 Å². The Balaban J connectivity index is 1.64. The molecule has 2 aromatic rings. The molecule has 1 aliphatic heterocycles. The molecule has 0 amide bonds. The molecule has 0 bridgehead atoms. The van der Waals surface area contributed by atoms with Gasteiger partial charge in [0.1, 0.15) is 5.82 Å². The number of likely N-dealkylation sites (tertiary alicyclic amines) is 1. The van der Waals surface area contributed by atoms with Crippen molar-refractivity contribution in [3.05, 3.63) is 47.0 Å². The van der Waals surface area contributed by atoms with Gasteiger partial charge in [0.25, 0.3) is 0 Å². The van der Waals surface area contributed by atoms with Crippen LogP contribution in [0.1, 0.15) is 35.6 Å². The number of imidazole rings is 1. The molecule has 0 unspecified atom stereocenters. The zero-order chi connectivity index (χ0) is 17.3. The van der Waals surface area contributed by atoms with Gasteiger partial charge in [0.05, 0.1) is 15.8 Å². The van der Waals surface area contributed by atoms with Crippen molar-refractivity contribution in [3.8, 4) is 0 Å². The van der Waals surface area contributed by atoms with Crippen molar-refractivity contribution in [3.63, 3.8) is 0 Å². The van der Waals surface area contributed by atoms with E-state index < -0.39 is 9.84 Å². The van der Waals surface area contributed by atoms with Gasteiger partial charge in [0, 0.05) is 12.2 Å². The summed E-state index contributed by atoms with van der Waals surface area (Å²) >= 11 is 0. The van der Waals surface area contributed by atoms with E-state index in [4.69, 9.17) is 0 Å². The first-order valence-corrected chi connectivity index (χ1v) is 9.96. The molecular weight excluding hydrogens is 322 g/mol. The summed E-state index contributed by atoms with van der Waals surface area (Å²) in [4.78, 5) is 10.5. The summed E-state index contributed by atoms with van der Waals surface area (Å²) < 4.78 is 25.6. The number of aryl methyl sites for hydroxylation is 3. The van der Waals surface area contributed by atoms with Gasteiger partial charge < -0.3 is 4.98 Å². The molecule has 1 aromatic heterocycles. The normalized spacial score (nSPS) is 17.3. The van der Waals surface area contributed by atoms with Crippen molar-refractivity contribution in [2.24, 2.45) is 0 Å². The van der Waals surface area contributed by atoms with E-state index in [0.29, 0.717) is 17.7 Å². The molecule has 1 aromatic carbocycles. The van der Waals surface area contributed by atoms with E-state index in [2.05, 4.69) is 14.9 Å². The highest BCUT2D eigenvalue weighted by Gasteiger charge is 2.31. The summed E-state index contributed by atoms with van der Waals surface area (Å²) in [5.41, 5.74) is 3.24. The van der Waals surface area contributed by atoms with Crippen molar-refractivity contribution in [1.29, 1.82) is 0 Å². The van der Waals surface area contributed by atoms with Gasteiger partial charge >= 0.3 is 0 Å². The zero-order valence-electron chi connectivity index (χ0n) is 14.5. The van der Waals surface area contributed by atoms with Gasteiger partial charge in [-0.25, -0.2) is 13.4 Å². The molecule has 6 heteroatoms. The SMILES string of the molecule is Cc1ccc(S(=O)(=O)C2CCN(Cc3nc(C)[nH]c3C)CC2)cc1. The molecule has 5 nitrogen and oxygen atoms in total. The van der Waals surface area contributed by atoms with Gasteiger partial charge in [0.15, 0.2) is 9.84 Å². The summed E-state index contributed by atoms with van der Waals surface area (Å²) in [5.74, 6) is 0.930. The second-order valence-corrected chi connectivity index (χ2v) is 8.96. The van der Waals surface area contributed by atoms with Crippen LogP contribution < -0.4 is 0 Å². The largest absolute Gasteiger partial charge is 0.346 e. The number of H-pyrrole nitrogens is 1. The predicted octanol–water partition coefficient (Wildman–Crippen LogP) is 2.77. The zero-order valence-corrected chi connectivity index (χ0v) is 15.4. The number of aromatic nitrogens is 2. The molecule has 1 saturated heterocycles. The second kappa shape index (κ2) is 6.69. The second-order valence-electron chi connectivity index (χ2n) is 6.73. The average molecular weight is 347 g/mol. The van der Waals surface area contributed by atoms with E-state index in [-0.39, 0.29) is 5.25 Å². The maximum atomic E-state index is 12.8. The van der Waals surface area contributed by atoms with Gasteiger partial charge in [-0.1, -0.05) is 17.7 Å². The number of hydrogen-bond acceptors (Lipinski definition) is 4. The molecule has 24 heavy (non-hydrogen) atoms. The van der Waals surface area contributed by atoms with E-state index >= 15 is 0 Å². The highest BCUT2D eigenvalue weighted by Crippen LogP contribution is 2.25. The van der Waals surface area contributed by atoms with E-state index in [1.54, 1.807) is 12.1 Å². The molecule has 130 valence electrons. The average Bonchev–Trinajstić information content (AvgIpc) is 2.86. The fourth-order valence-electron chi connectivity index (χ4n) is 3.32. The molecule has 1 aliphatic rings. The lowest BCUT2D eigenvalue weighted by atomic mass is 10.1. The minimum absolute atomic E-state index is 0.279. The molecule has 0 atom stereocenters. The van der Waals surface area contributed by atoms with Crippen molar-refractivity contribution >= 4 is 9.84 Å². The molecule has 0 radical (unpaired) electrons. The fraction of sp³-hybridized carbons (Fsp3) is 0.500. The molecule has 0 aliphatic carbocycles. The maximum Gasteiger partial charge on any atom is 0.181 e. The minimum atomic E-state index is -3.23. The third kappa shape index (κ3) is 3.54. The van der Waals surface area contributed by atoms with Gasteiger partial charge in [-0.05, 0) is 58.8 Å². The van der Waals surface area contributed by atoms with Crippen LogP contribution in [0.5, 0.6) is 0 Å². The molecular formula is C18H25N3O2S. The maximum absolute atomic E-state index is 12.8. The topological polar surface area (TPSA) is 66.1 Å². The van der Waals surface area contributed by atoms with E-state index in [1.807, 2.05) is 32.9 Å². The van der Waals surface area contributed by atoms with Crippen LogP contribution in [0.3, 0.4) is 0 Å². The van der Waals surface area contributed by atoms with Crippen molar-refractivity contribution in [2.45, 2.75) is 50.3 Å². The van der Waals surface area contributed by atoms with Crippen molar-refractivity contribution in [2.75, 3.05) is 13.1 Å². The first-order chi connectivity index (χ1) is 11.4. The van der Waals surface area contributed by atoms with Crippen LogP contribution in [-0.4, -0.2) is 41.6 Å². The molecule has 0 spiro atoms. The summed E-state index contributed by atoms with van der Waals surface area (Å²) in [6.07, 6.45) is 1.36. The van der Waals surface area contributed by atoms with Crippen LogP contribution in [0.4, 0.5) is 0 Å². The Morgan fingerprint density at radius 1 is 1.12 bits per heavy atom. The monoisotopic (exact) mass is 347 g/mol. The van der Waals surface area contributed by atoms with Gasteiger partial charge in [-0.3, -0.25) is 4.90 Å². The van der Waals surface area contributed by atoms with Gasteiger partial charge in [0.2, 0.25) is 0 Å². The lowest BCUT2D eigenvalue weighted by Crippen LogP contribution is -2.39. The van der Waals surface area contributed by atoms with Crippen LogP contribution in [0.15, 0.2) is 29.2 Å². The lowest BCUT2D eigenvalue weighted by Gasteiger charge is -2.31. The number of piperidine rings is 1. The molecule has 3 rings (SSSR count). The third-order valence-corrected chi connectivity index (χ3v) is 7.08. The highest BCUT2D eigenvalue weighted by molar-refractivity contribution is 7.92. The Labute approximate surface area is 144 Å². The number of hydrogen-bond donors (Lipinski definition) is 1. The Morgan fingerprint density at radius 3 is 2.29 bits per heavy atom. The van der Waals surface area contributed by atoms with Crippen LogP contribution >= 0.6 is 0 Å².